The first-order chi connectivity index (χ1) is 10.8. The van der Waals surface area contributed by atoms with Crippen molar-refractivity contribution < 1.29 is 19.1 Å². The van der Waals surface area contributed by atoms with E-state index in [4.69, 9.17) is 9.47 Å². The molecule has 23 heavy (non-hydrogen) atoms. The van der Waals surface area contributed by atoms with Gasteiger partial charge in [-0.15, -0.1) is 0 Å². The van der Waals surface area contributed by atoms with Gasteiger partial charge < -0.3 is 9.47 Å². The van der Waals surface area contributed by atoms with Crippen LogP contribution in [0.25, 0.3) is 0 Å². The summed E-state index contributed by atoms with van der Waals surface area (Å²) in [6, 6.07) is 1.10. The Hall–Kier alpha value is -1.83. The van der Waals surface area contributed by atoms with E-state index in [0.29, 0.717) is 18.1 Å². The number of hydrogen-bond donors (Lipinski definition) is 0. The number of rotatable bonds is 3. The third-order valence-corrected chi connectivity index (χ3v) is 4.27. The molecule has 2 heterocycles. The lowest BCUT2D eigenvalue weighted by atomic mass is 10.2. The average Bonchev–Trinajstić information content (AvgIpc) is 2.90. The second-order valence-electron chi connectivity index (χ2n) is 6.18. The molecule has 1 saturated heterocycles. The maximum Gasteiger partial charge on any atom is 0.411 e. The van der Waals surface area contributed by atoms with Gasteiger partial charge in [-0.3, -0.25) is 4.90 Å². The Bertz CT molecular complexity index is 562. The van der Waals surface area contributed by atoms with Gasteiger partial charge in [-0.25, -0.2) is 19.6 Å². The fourth-order valence-corrected chi connectivity index (χ4v) is 3.32. The van der Waals surface area contributed by atoms with Gasteiger partial charge in [-0.05, 0) is 33.3 Å². The zero-order valence-corrected chi connectivity index (χ0v) is 14.5. The molecule has 1 aliphatic heterocycles. The number of likely N-dealkylation sites (tertiary alicyclic amines) is 1. The predicted octanol–water partition coefficient (Wildman–Crippen LogP) is 2.12. The van der Waals surface area contributed by atoms with Crippen LogP contribution in [0.1, 0.15) is 27.2 Å². The van der Waals surface area contributed by atoms with E-state index in [1.807, 2.05) is 0 Å². The van der Waals surface area contributed by atoms with Gasteiger partial charge in [0.1, 0.15) is 11.6 Å². The summed E-state index contributed by atoms with van der Waals surface area (Å²) in [6.45, 7) is 5.76. The molecule has 0 spiro atoms. The Morgan fingerprint density at radius 1 is 1.30 bits per heavy atom. The van der Waals surface area contributed by atoms with Crippen LogP contribution in [0.15, 0.2) is 23.6 Å². The van der Waals surface area contributed by atoms with Gasteiger partial charge in [0.25, 0.3) is 0 Å². The molecule has 8 heteroatoms. The van der Waals surface area contributed by atoms with Crippen LogP contribution < -0.4 is 0 Å². The molecule has 0 aliphatic carbocycles. The number of methoxy groups -OCH3 is 1. The summed E-state index contributed by atoms with van der Waals surface area (Å²) >= 11 is 1.44. The van der Waals surface area contributed by atoms with Crippen molar-refractivity contribution in [3.63, 3.8) is 0 Å². The minimum absolute atomic E-state index is 0.00835. The first-order valence-corrected chi connectivity index (χ1v) is 8.19. The molecule has 1 aromatic rings. The highest BCUT2D eigenvalue weighted by atomic mass is 32.2. The van der Waals surface area contributed by atoms with E-state index in [2.05, 4.69) is 9.97 Å². The predicted molar refractivity (Wildman–Crippen MR) is 85.0 cm³/mol. The summed E-state index contributed by atoms with van der Waals surface area (Å²) in [7, 11) is 1.32. The molecular weight excluding hydrogens is 318 g/mol. The fourth-order valence-electron chi connectivity index (χ4n) is 2.26. The Morgan fingerprint density at radius 2 is 1.96 bits per heavy atom. The zero-order chi connectivity index (χ0) is 17.0. The number of carbonyl (C=O) groups is 2. The molecule has 0 saturated carbocycles. The van der Waals surface area contributed by atoms with Crippen molar-refractivity contribution in [2.75, 3.05) is 13.7 Å². The van der Waals surface area contributed by atoms with Crippen LogP contribution in [-0.2, 0) is 14.3 Å². The Kier molecular flexibility index (Phi) is 5.46. The number of esters is 1. The van der Waals surface area contributed by atoms with Gasteiger partial charge in [0.2, 0.25) is 0 Å². The van der Waals surface area contributed by atoms with Gasteiger partial charge in [0.05, 0.1) is 7.11 Å². The number of carbonyl (C=O) groups excluding carboxylic acids is 2. The lowest BCUT2D eigenvalue weighted by Crippen LogP contribution is -2.43. The molecule has 126 valence electrons. The second-order valence-corrected chi connectivity index (χ2v) is 7.45. The van der Waals surface area contributed by atoms with Crippen molar-refractivity contribution in [2.24, 2.45) is 0 Å². The summed E-state index contributed by atoms with van der Waals surface area (Å²) in [5.41, 5.74) is -0.620. The van der Waals surface area contributed by atoms with E-state index in [9.17, 15) is 9.59 Å². The standard InChI is InChI=1S/C15H21N3O4S/c1-15(2,3)22-14(20)18-9-10(8-11(18)12(19)21-4)23-13-16-6-5-7-17-13/h5-7,10-11H,8-9H2,1-4H3. The number of nitrogens with zero attached hydrogens (tertiary/aromatic N) is 3. The summed E-state index contributed by atoms with van der Waals surface area (Å²) in [6.07, 6.45) is 3.29. The molecule has 2 rings (SSSR count). The van der Waals surface area contributed by atoms with E-state index in [0.717, 1.165) is 0 Å². The molecule has 1 fully saturated rings. The molecule has 0 N–H and O–H groups in total. The van der Waals surface area contributed by atoms with Gasteiger partial charge in [-0.2, -0.15) is 0 Å². The third kappa shape index (κ3) is 4.82. The van der Waals surface area contributed by atoms with Crippen LogP contribution in [0, 0.1) is 0 Å². The van der Waals surface area contributed by atoms with Gasteiger partial charge in [0, 0.05) is 24.2 Å². The molecular formula is C15H21N3O4S. The normalized spacial score (nSPS) is 21.1. The molecule has 0 bridgehead atoms. The van der Waals surface area contributed by atoms with Crippen molar-refractivity contribution in [1.29, 1.82) is 0 Å². The van der Waals surface area contributed by atoms with E-state index in [1.165, 1.54) is 23.8 Å². The maximum absolute atomic E-state index is 12.3. The van der Waals surface area contributed by atoms with Crippen LogP contribution >= 0.6 is 11.8 Å². The van der Waals surface area contributed by atoms with Crippen LogP contribution in [0.3, 0.4) is 0 Å². The SMILES string of the molecule is COC(=O)C1CC(Sc2ncccn2)CN1C(=O)OC(C)(C)C. The van der Waals surface area contributed by atoms with E-state index < -0.39 is 23.7 Å². The van der Waals surface area contributed by atoms with Crippen molar-refractivity contribution in [3.05, 3.63) is 18.5 Å². The van der Waals surface area contributed by atoms with Crippen LogP contribution in [0.2, 0.25) is 0 Å². The first-order valence-electron chi connectivity index (χ1n) is 7.31. The zero-order valence-electron chi connectivity index (χ0n) is 13.7. The van der Waals surface area contributed by atoms with Crippen LogP contribution in [-0.4, -0.2) is 57.5 Å². The molecule has 0 aromatic carbocycles. The number of amides is 1. The molecule has 2 unspecified atom stereocenters. The third-order valence-electron chi connectivity index (χ3n) is 3.18. The Labute approximate surface area is 139 Å². The van der Waals surface area contributed by atoms with Crippen molar-refractivity contribution in [3.8, 4) is 0 Å². The summed E-state index contributed by atoms with van der Waals surface area (Å²) in [4.78, 5) is 34.1. The van der Waals surface area contributed by atoms with Gasteiger partial charge in [0.15, 0.2) is 5.16 Å². The number of thioether (sulfide) groups is 1. The summed E-state index contributed by atoms with van der Waals surface area (Å²) < 4.78 is 10.2. The molecule has 1 aromatic heterocycles. The molecule has 0 radical (unpaired) electrons. The van der Waals surface area contributed by atoms with Crippen LogP contribution in [0.5, 0.6) is 0 Å². The van der Waals surface area contributed by atoms with Crippen molar-refractivity contribution in [2.45, 2.75) is 49.2 Å². The number of ether oxygens (including phenoxy) is 2. The topological polar surface area (TPSA) is 81.6 Å². The van der Waals surface area contributed by atoms with Gasteiger partial charge in [-0.1, -0.05) is 11.8 Å². The fraction of sp³-hybridized carbons (Fsp3) is 0.600. The lowest BCUT2D eigenvalue weighted by Gasteiger charge is -2.27. The second kappa shape index (κ2) is 7.16. The first kappa shape index (κ1) is 17.5. The Balaban J connectivity index is 2.09. The molecule has 1 amide bonds. The van der Waals surface area contributed by atoms with Crippen molar-refractivity contribution in [1.82, 2.24) is 14.9 Å². The molecule has 2 atom stereocenters. The largest absolute Gasteiger partial charge is 0.467 e. The molecule has 7 nitrogen and oxygen atoms in total. The highest BCUT2D eigenvalue weighted by Crippen LogP contribution is 2.32. The lowest BCUT2D eigenvalue weighted by molar-refractivity contribution is -0.145. The monoisotopic (exact) mass is 339 g/mol. The number of hydrogen-bond acceptors (Lipinski definition) is 7. The summed E-state index contributed by atoms with van der Waals surface area (Å²) in [5, 5.41) is 0.626. The highest BCUT2D eigenvalue weighted by molar-refractivity contribution is 7.99. The average molecular weight is 339 g/mol. The van der Waals surface area contributed by atoms with E-state index in [1.54, 1.807) is 39.2 Å². The Morgan fingerprint density at radius 3 is 2.52 bits per heavy atom. The highest BCUT2D eigenvalue weighted by Gasteiger charge is 2.42. The maximum atomic E-state index is 12.3. The quantitative estimate of drug-likeness (QED) is 0.616. The van der Waals surface area contributed by atoms with E-state index >= 15 is 0 Å². The number of aromatic nitrogens is 2. The van der Waals surface area contributed by atoms with Crippen molar-refractivity contribution >= 4 is 23.8 Å². The minimum Gasteiger partial charge on any atom is -0.467 e. The minimum atomic E-state index is -0.643. The molecule has 1 aliphatic rings. The summed E-state index contributed by atoms with van der Waals surface area (Å²) in [5.74, 6) is -0.437. The van der Waals surface area contributed by atoms with E-state index in [-0.39, 0.29) is 5.25 Å². The van der Waals surface area contributed by atoms with Gasteiger partial charge >= 0.3 is 12.1 Å². The van der Waals surface area contributed by atoms with Crippen LogP contribution in [0.4, 0.5) is 4.79 Å². The smallest absolute Gasteiger partial charge is 0.411 e.